The minimum atomic E-state index is -4.56. The summed E-state index contributed by atoms with van der Waals surface area (Å²) >= 11 is 0. The van der Waals surface area contributed by atoms with E-state index >= 15 is 0 Å². The van der Waals surface area contributed by atoms with Crippen LogP contribution >= 0.6 is 12.4 Å². The van der Waals surface area contributed by atoms with Crippen molar-refractivity contribution in [3.8, 4) is 5.75 Å². The number of ether oxygens (including phenoxy) is 2. The molecule has 0 saturated carbocycles. The molecule has 0 radical (unpaired) electrons. The molecule has 1 atom stereocenters. The van der Waals surface area contributed by atoms with E-state index in [4.69, 9.17) is 15.2 Å². The standard InChI is InChI=1S/C16H23F3N2O3.ClH/c1-15(2,3)24-11-6-5-10(12(7-11)16(17,18)19)8-21-14(22)13(20)9-23-4;/h5-7,13H,8-9,20H2,1-4H3,(H,21,22);1H. The summed E-state index contributed by atoms with van der Waals surface area (Å²) in [6.45, 7) is 4.92. The number of halogens is 4. The van der Waals surface area contributed by atoms with E-state index in [-0.39, 0.29) is 36.9 Å². The molecule has 144 valence electrons. The molecule has 0 bridgehead atoms. The Morgan fingerprint density at radius 3 is 2.36 bits per heavy atom. The van der Waals surface area contributed by atoms with Crippen LogP contribution in [-0.2, 0) is 22.3 Å². The van der Waals surface area contributed by atoms with Crippen LogP contribution < -0.4 is 15.8 Å². The molecular weight excluding hydrogens is 361 g/mol. The van der Waals surface area contributed by atoms with Crippen molar-refractivity contribution in [3.63, 3.8) is 0 Å². The summed E-state index contributed by atoms with van der Waals surface area (Å²) in [5.41, 5.74) is 3.99. The first-order valence-electron chi connectivity index (χ1n) is 7.35. The Hall–Kier alpha value is -1.51. The van der Waals surface area contributed by atoms with E-state index < -0.39 is 29.3 Å². The molecule has 0 aliphatic rings. The van der Waals surface area contributed by atoms with E-state index in [1.54, 1.807) is 20.8 Å². The summed E-state index contributed by atoms with van der Waals surface area (Å²) in [7, 11) is 1.38. The fraction of sp³-hybridized carbons (Fsp3) is 0.562. The second-order valence-corrected chi connectivity index (χ2v) is 6.31. The number of carbonyl (C=O) groups is 1. The molecule has 1 unspecified atom stereocenters. The van der Waals surface area contributed by atoms with Crippen molar-refractivity contribution in [3.05, 3.63) is 29.3 Å². The van der Waals surface area contributed by atoms with Crippen molar-refractivity contribution in [2.45, 2.75) is 45.1 Å². The molecule has 0 aromatic heterocycles. The number of methoxy groups -OCH3 is 1. The van der Waals surface area contributed by atoms with Crippen LogP contribution in [0.25, 0.3) is 0 Å². The molecule has 0 aliphatic heterocycles. The molecule has 1 amide bonds. The maximum atomic E-state index is 13.3. The lowest BCUT2D eigenvalue weighted by Gasteiger charge is -2.23. The fourth-order valence-corrected chi connectivity index (χ4v) is 1.96. The maximum Gasteiger partial charge on any atom is 0.416 e. The molecule has 0 saturated heterocycles. The molecule has 1 aromatic carbocycles. The van der Waals surface area contributed by atoms with Gasteiger partial charge in [-0.1, -0.05) is 6.07 Å². The molecule has 9 heteroatoms. The SMILES string of the molecule is COCC(N)C(=O)NCc1ccc(OC(C)(C)C)cc1C(F)(F)F.Cl. The predicted molar refractivity (Wildman–Crippen MR) is 90.8 cm³/mol. The van der Waals surface area contributed by atoms with Crippen LogP contribution in [-0.4, -0.2) is 31.3 Å². The summed E-state index contributed by atoms with van der Waals surface area (Å²) < 4.78 is 50.0. The highest BCUT2D eigenvalue weighted by Crippen LogP contribution is 2.35. The van der Waals surface area contributed by atoms with Crippen LogP contribution in [0, 0.1) is 0 Å². The van der Waals surface area contributed by atoms with Crippen LogP contribution in [0.15, 0.2) is 18.2 Å². The van der Waals surface area contributed by atoms with Gasteiger partial charge in [-0.05, 0) is 38.5 Å². The quantitative estimate of drug-likeness (QED) is 0.791. The Bertz CT molecular complexity index is 575. The highest BCUT2D eigenvalue weighted by molar-refractivity contribution is 5.85. The topological polar surface area (TPSA) is 73.6 Å². The zero-order chi connectivity index (χ0) is 18.5. The zero-order valence-electron chi connectivity index (χ0n) is 14.6. The molecule has 0 fully saturated rings. The second kappa shape index (κ2) is 9.26. The zero-order valence-corrected chi connectivity index (χ0v) is 15.4. The van der Waals surface area contributed by atoms with Gasteiger partial charge in [-0.25, -0.2) is 0 Å². The van der Waals surface area contributed by atoms with Gasteiger partial charge in [-0.2, -0.15) is 13.2 Å². The molecule has 5 nitrogen and oxygen atoms in total. The number of carbonyl (C=O) groups excluding carboxylic acids is 1. The molecule has 0 heterocycles. The van der Waals surface area contributed by atoms with Gasteiger partial charge in [0.05, 0.1) is 12.2 Å². The lowest BCUT2D eigenvalue weighted by molar-refractivity contribution is -0.138. The largest absolute Gasteiger partial charge is 0.488 e. The minimum absolute atomic E-state index is 0. The van der Waals surface area contributed by atoms with Crippen molar-refractivity contribution in [2.24, 2.45) is 5.73 Å². The Kier molecular flexibility index (Phi) is 8.70. The van der Waals surface area contributed by atoms with Crippen LogP contribution in [0.4, 0.5) is 13.2 Å². The average molecular weight is 385 g/mol. The van der Waals surface area contributed by atoms with Crippen molar-refractivity contribution in [1.82, 2.24) is 5.32 Å². The number of alkyl halides is 3. The Labute approximate surface area is 151 Å². The first-order chi connectivity index (χ1) is 10.9. The molecule has 1 rings (SSSR count). The Morgan fingerprint density at radius 1 is 1.28 bits per heavy atom. The highest BCUT2D eigenvalue weighted by Gasteiger charge is 2.34. The van der Waals surface area contributed by atoms with Gasteiger partial charge >= 0.3 is 6.18 Å². The molecule has 3 N–H and O–H groups in total. The number of rotatable bonds is 6. The van der Waals surface area contributed by atoms with Gasteiger partial charge < -0.3 is 20.5 Å². The van der Waals surface area contributed by atoms with E-state index in [1.807, 2.05) is 0 Å². The third kappa shape index (κ3) is 7.94. The van der Waals surface area contributed by atoms with Gasteiger partial charge in [0, 0.05) is 13.7 Å². The number of hydrogen-bond donors (Lipinski definition) is 2. The van der Waals surface area contributed by atoms with Crippen molar-refractivity contribution in [2.75, 3.05) is 13.7 Å². The monoisotopic (exact) mass is 384 g/mol. The van der Waals surface area contributed by atoms with E-state index in [2.05, 4.69) is 5.32 Å². The molecule has 1 aromatic rings. The van der Waals surface area contributed by atoms with E-state index in [9.17, 15) is 18.0 Å². The van der Waals surface area contributed by atoms with Gasteiger partial charge in [-0.15, -0.1) is 12.4 Å². The third-order valence-electron chi connectivity index (χ3n) is 2.95. The van der Waals surface area contributed by atoms with Gasteiger partial charge in [0.1, 0.15) is 17.4 Å². The van der Waals surface area contributed by atoms with E-state index in [1.165, 1.54) is 19.2 Å². The van der Waals surface area contributed by atoms with Crippen molar-refractivity contribution < 1.29 is 27.4 Å². The van der Waals surface area contributed by atoms with Crippen LogP contribution in [0.5, 0.6) is 5.75 Å². The van der Waals surface area contributed by atoms with Crippen LogP contribution in [0.2, 0.25) is 0 Å². The summed E-state index contributed by atoms with van der Waals surface area (Å²) in [6, 6.07) is 2.72. The summed E-state index contributed by atoms with van der Waals surface area (Å²) in [4.78, 5) is 11.7. The number of amides is 1. The number of benzene rings is 1. The lowest BCUT2D eigenvalue weighted by atomic mass is 10.1. The number of nitrogens with one attached hydrogen (secondary N) is 1. The molecular formula is C16H24ClF3N2O3. The van der Waals surface area contributed by atoms with Gasteiger partial charge in [0.2, 0.25) is 5.91 Å². The minimum Gasteiger partial charge on any atom is -0.488 e. The smallest absolute Gasteiger partial charge is 0.416 e. The van der Waals surface area contributed by atoms with Crippen molar-refractivity contribution >= 4 is 18.3 Å². The second-order valence-electron chi connectivity index (χ2n) is 6.31. The third-order valence-corrected chi connectivity index (χ3v) is 2.95. The van der Waals surface area contributed by atoms with Crippen molar-refractivity contribution in [1.29, 1.82) is 0 Å². The Morgan fingerprint density at radius 2 is 1.88 bits per heavy atom. The van der Waals surface area contributed by atoms with Gasteiger partial charge in [0.25, 0.3) is 0 Å². The summed E-state index contributed by atoms with van der Waals surface area (Å²) in [5, 5.41) is 2.38. The van der Waals surface area contributed by atoms with Gasteiger partial charge in [-0.3, -0.25) is 4.79 Å². The molecule has 0 spiro atoms. The molecule has 25 heavy (non-hydrogen) atoms. The number of nitrogens with two attached hydrogens (primary N) is 1. The summed E-state index contributed by atoms with van der Waals surface area (Å²) in [5.74, 6) is -0.471. The van der Waals surface area contributed by atoms with Crippen LogP contribution in [0.3, 0.4) is 0 Å². The first kappa shape index (κ1) is 23.5. The van der Waals surface area contributed by atoms with Gasteiger partial charge in [0.15, 0.2) is 0 Å². The average Bonchev–Trinajstić information content (AvgIpc) is 2.43. The number of hydrogen-bond acceptors (Lipinski definition) is 4. The van der Waals surface area contributed by atoms with E-state index in [0.29, 0.717) is 0 Å². The Balaban J connectivity index is 0.00000576. The normalized spacial score (nSPS) is 13.0. The summed E-state index contributed by atoms with van der Waals surface area (Å²) in [6.07, 6.45) is -4.56. The van der Waals surface area contributed by atoms with E-state index in [0.717, 1.165) is 6.07 Å². The van der Waals surface area contributed by atoms with Crippen LogP contribution in [0.1, 0.15) is 31.9 Å². The lowest BCUT2D eigenvalue weighted by Crippen LogP contribution is -2.43. The fourth-order valence-electron chi connectivity index (χ4n) is 1.96. The first-order valence-corrected chi connectivity index (χ1v) is 7.35. The highest BCUT2D eigenvalue weighted by atomic mass is 35.5. The predicted octanol–water partition coefficient (Wildman–Crippen LogP) is 2.89. The maximum absolute atomic E-state index is 13.3. The molecule has 0 aliphatic carbocycles.